The normalized spacial score (nSPS) is 13.9. The molecule has 1 atom stereocenters. The largest absolute Gasteiger partial charge is 0.497 e. The molecule has 1 heterocycles. The molecule has 6 nitrogen and oxygen atoms in total. The predicted molar refractivity (Wildman–Crippen MR) is 78.9 cm³/mol. The van der Waals surface area contributed by atoms with E-state index in [4.69, 9.17) is 19.7 Å². The monoisotopic (exact) mass is 291 g/mol. The van der Waals surface area contributed by atoms with Crippen LogP contribution in [0.4, 0.5) is 0 Å². The second-order valence-electron chi connectivity index (χ2n) is 5.12. The average Bonchev–Trinajstić information content (AvgIpc) is 2.98. The molecule has 0 aliphatic carbocycles. The molecule has 2 rings (SSSR count). The minimum atomic E-state index is -0.774. The van der Waals surface area contributed by atoms with Crippen LogP contribution in [0.2, 0.25) is 0 Å². The average molecular weight is 291 g/mol. The molecule has 0 fully saturated rings. The van der Waals surface area contributed by atoms with Gasteiger partial charge >= 0.3 is 0 Å². The third-order valence-electron chi connectivity index (χ3n) is 3.02. The number of methoxy groups -OCH3 is 1. The first kappa shape index (κ1) is 15.5. The fraction of sp³-hybridized carbons (Fsp3) is 0.467. The molecule has 0 amide bonds. The molecule has 0 aliphatic rings. The smallest absolute Gasteiger partial charge is 0.257 e. The van der Waals surface area contributed by atoms with E-state index in [9.17, 15) is 0 Å². The number of rotatable bonds is 7. The number of hydrogen-bond acceptors (Lipinski definition) is 6. The third-order valence-corrected chi connectivity index (χ3v) is 3.02. The highest BCUT2D eigenvalue weighted by atomic mass is 16.5. The Morgan fingerprint density at radius 3 is 2.62 bits per heavy atom. The fourth-order valence-corrected chi connectivity index (χ4v) is 1.80. The summed E-state index contributed by atoms with van der Waals surface area (Å²) >= 11 is 0. The topological polar surface area (TPSA) is 83.4 Å². The van der Waals surface area contributed by atoms with Gasteiger partial charge in [-0.2, -0.15) is 4.98 Å². The maximum Gasteiger partial charge on any atom is 0.257 e. The predicted octanol–water partition coefficient (Wildman–Crippen LogP) is 2.35. The maximum absolute atomic E-state index is 6.19. The van der Waals surface area contributed by atoms with E-state index in [1.165, 1.54) is 0 Å². The first-order valence-corrected chi connectivity index (χ1v) is 6.92. The molecule has 0 aliphatic heterocycles. The van der Waals surface area contributed by atoms with Gasteiger partial charge in [0.15, 0.2) is 5.82 Å². The standard InChI is InChI=1S/C15H21N3O3/c1-4-9-20-10-15(2,16)14-17-13(21-18-14)11-5-7-12(19-3)8-6-11/h5-8H,4,9-10,16H2,1-3H3. The Hall–Kier alpha value is -1.92. The lowest BCUT2D eigenvalue weighted by molar-refractivity contribution is 0.0867. The van der Waals surface area contributed by atoms with Crippen molar-refractivity contribution in [2.75, 3.05) is 20.3 Å². The van der Waals surface area contributed by atoms with Crippen molar-refractivity contribution in [3.63, 3.8) is 0 Å². The molecule has 114 valence electrons. The van der Waals surface area contributed by atoms with Crippen LogP contribution in [0.1, 0.15) is 26.1 Å². The number of ether oxygens (including phenoxy) is 2. The minimum Gasteiger partial charge on any atom is -0.497 e. The van der Waals surface area contributed by atoms with Gasteiger partial charge in [-0.1, -0.05) is 12.1 Å². The van der Waals surface area contributed by atoms with Crippen LogP contribution in [0.25, 0.3) is 11.5 Å². The number of nitrogens with zero attached hydrogens (tertiary/aromatic N) is 2. The molecule has 21 heavy (non-hydrogen) atoms. The SMILES string of the molecule is CCCOCC(C)(N)c1noc(-c2ccc(OC)cc2)n1. The molecule has 2 aromatic rings. The maximum atomic E-state index is 6.19. The summed E-state index contributed by atoms with van der Waals surface area (Å²) in [7, 11) is 1.62. The van der Waals surface area contributed by atoms with Crippen molar-refractivity contribution < 1.29 is 14.0 Å². The van der Waals surface area contributed by atoms with Crippen molar-refractivity contribution in [3.8, 4) is 17.2 Å². The van der Waals surface area contributed by atoms with Gasteiger partial charge in [-0.25, -0.2) is 0 Å². The summed E-state index contributed by atoms with van der Waals surface area (Å²) in [4.78, 5) is 4.36. The Bertz CT molecular complexity index is 564. The summed E-state index contributed by atoms with van der Waals surface area (Å²) in [5.41, 5.74) is 6.23. The van der Waals surface area contributed by atoms with Crippen LogP contribution < -0.4 is 10.5 Å². The zero-order valence-corrected chi connectivity index (χ0v) is 12.6. The molecule has 6 heteroatoms. The Morgan fingerprint density at radius 1 is 1.29 bits per heavy atom. The van der Waals surface area contributed by atoms with Crippen molar-refractivity contribution in [2.24, 2.45) is 5.73 Å². The van der Waals surface area contributed by atoms with Crippen LogP contribution in [0, 0.1) is 0 Å². The summed E-state index contributed by atoms with van der Waals surface area (Å²) in [6.45, 7) is 4.88. The van der Waals surface area contributed by atoms with Crippen molar-refractivity contribution in [3.05, 3.63) is 30.1 Å². The van der Waals surface area contributed by atoms with E-state index in [2.05, 4.69) is 10.1 Å². The highest BCUT2D eigenvalue weighted by molar-refractivity contribution is 5.54. The number of nitrogens with two attached hydrogens (primary N) is 1. The third kappa shape index (κ3) is 3.80. The molecule has 0 bridgehead atoms. The van der Waals surface area contributed by atoms with Crippen LogP contribution in [-0.4, -0.2) is 30.5 Å². The zero-order valence-electron chi connectivity index (χ0n) is 12.6. The Labute approximate surface area is 124 Å². The number of hydrogen-bond donors (Lipinski definition) is 1. The molecule has 0 saturated heterocycles. The summed E-state index contributed by atoms with van der Waals surface area (Å²) in [5.74, 6) is 1.64. The quantitative estimate of drug-likeness (QED) is 0.788. The molecular weight excluding hydrogens is 270 g/mol. The molecule has 1 unspecified atom stereocenters. The van der Waals surface area contributed by atoms with Gasteiger partial charge in [0, 0.05) is 12.2 Å². The number of benzene rings is 1. The highest BCUT2D eigenvalue weighted by Crippen LogP contribution is 2.23. The van der Waals surface area contributed by atoms with Gasteiger partial charge in [-0.3, -0.25) is 0 Å². The molecule has 0 saturated carbocycles. The van der Waals surface area contributed by atoms with Crippen molar-refractivity contribution >= 4 is 0 Å². The van der Waals surface area contributed by atoms with Gasteiger partial charge in [0.25, 0.3) is 5.89 Å². The van der Waals surface area contributed by atoms with Gasteiger partial charge in [-0.05, 0) is 37.6 Å². The van der Waals surface area contributed by atoms with Gasteiger partial charge in [0.05, 0.1) is 13.7 Å². The van der Waals surface area contributed by atoms with Crippen LogP contribution in [0.15, 0.2) is 28.8 Å². The zero-order chi connectivity index (χ0) is 15.3. The van der Waals surface area contributed by atoms with E-state index in [1.807, 2.05) is 38.1 Å². The Balaban J connectivity index is 2.12. The van der Waals surface area contributed by atoms with E-state index < -0.39 is 5.54 Å². The fourth-order valence-electron chi connectivity index (χ4n) is 1.80. The van der Waals surface area contributed by atoms with Crippen LogP contribution in [-0.2, 0) is 10.3 Å². The Kier molecular flexibility index (Phi) is 4.93. The molecule has 1 aromatic heterocycles. The van der Waals surface area contributed by atoms with Crippen LogP contribution in [0.5, 0.6) is 5.75 Å². The summed E-state index contributed by atoms with van der Waals surface area (Å²) in [6, 6.07) is 7.39. The Morgan fingerprint density at radius 2 is 2.00 bits per heavy atom. The second-order valence-corrected chi connectivity index (χ2v) is 5.12. The van der Waals surface area contributed by atoms with E-state index in [-0.39, 0.29) is 0 Å². The van der Waals surface area contributed by atoms with Crippen LogP contribution >= 0.6 is 0 Å². The number of aromatic nitrogens is 2. The molecule has 2 N–H and O–H groups in total. The second kappa shape index (κ2) is 6.69. The minimum absolute atomic E-state index is 0.350. The molecule has 0 radical (unpaired) electrons. The lowest BCUT2D eigenvalue weighted by Crippen LogP contribution is -2.39. The van der Waals surface area contributed by atoms with Gasteiger partial charge < -0.3 is 19.7 Å². The van der Waals surface area contributed by atoms with E-state index >= 15 is 0 Å². The highest BCUT2D eigenvalue weighted by Gasteiger charge is 2.28. The van der Waals surface area contributed by atoms with E-state index in [0.29, 0.717) is 24.9 Å². The van der Waals surface area contributed by atoms with Crippen molar-refractivity contribution in [2.45, 2.75) is 25.8 Å². The first-order chi connectivity index (χ1) is 10.1. The molecule has 1 aromatic carbocycles. The van der Waals surface area contributed by atoms with Gasteiger partial charge in [-0.15, -0.1) is 0 Å². The lowest BCUT2D eigenvalue weighted by Gasteiger charge is -2.19. The molecule has 0 spiro atoms. The first-order valence-electron chi connectivity index (χ1n) is 6.92. The van der Waals surface area contributed by atoms with Gasteiger partial charge in [0.1, 0.15) is 11.3 Å². The summed E-state index contributed by atoms with van der Waals surface area (Å²) in [5, 5.41) is 3.96. The van der Waals surface area contributed by atoms with E-state index in [0.717, 1.165) is 17.7 Å². The van der Waals surface area contributed by atoms with Crippen molar-refractivity contribution in [1.82, 2.24) is 10.1 Å². The molecular formula is C15H21N3O3. The van der Waals surface area contributed by atoms with E-state index in [1.54, 1.807) is 7.11 Å². The summed E-state index contributed by atoms with van der Waals surface area (Å²) in [6.07, 6.45) is 0.944. The van der Waals surface area contributed by atoms with Gasteiger partial charge in [0.2, 0.25) is 0 Å². The summed E-state index contributed by atoms with van der Waals surface area (Å²) < 4.78 is 15.9. The van der Waals surface area contributed by atoms with Crippen LogP contribution in [0.3, 0.4) is 0 Å². The lowest BCUT2D eigenvalue weighted by atomic mass is 10.1. The van der Waals surface area contributed by atoms with Crippen molar-refractivity contribution in [1.29, 1.82) is 0 Å².